The Morgan fingerprint density at radius 1 is 0.269 bits per heavy atom. The second kappa shape index (κ2) is 80.3. The number of hydrogen-bond donors (Lipinski definition) is 3. The molecule has 6 atom stereocenters. The minimum atomic E-state index is -4.97. The molecule has 0 spiro atoms. The molecule has 0 rings (SSSR count). The number of phosphoric acid groups is 2. The number of carbonyl (C=O) groups is 4. The zero-order chi connectivity index (χ0) is 79.2. The second-order valence-corrected chi connectivity index (χ2v) is 35.6. The van der Waals surface area contributed by atoms with Crippen molar-refractivity contribution in [2.75, 3.05) is 39.6 Å². The number of unbranched alkanes of at least 4 members (excludes halogenated alkanes) is 57. The molecule has 0 aliphatic rings. The molecule has 0 heterocycles. The molecule has 0 fully saturated rings. The third-order valence-electron chi connectivity index (χ3n) is 21.3. The maximum atomic E-state index is 13.2. The molecule has 0 saturated heterocycles. The second-order valence-electron chi connectivity index (χ2n) is 32.7. The summed E-state index contributed by atoms with van der Waals surface area (Å²) >= 11 is 0. The van der Waals surface area contributed by atoms with E-state index in [2.05, 4.69) is 41.5 Å². The van der Waals surface area contributed by atoms with Crippen molar-refractivity contribution < 1.29 is 80.2 Å². The summed E-state index contributed by atoms with van der Waals surface area (Å²) in [7, 11) is -9.93. The fourth-order valence-corrected chi connectivity index (χ4v) is 15.5. The van der Waals surface area contributed by atoms with Crippen molar-refractivity contribution in [2.24, 2.45) is 11.8 Å². The Bertz CT molecular complexity index is 2070. The molecular formula is C89H174O17P2. The van der Waals surface area contributed by atoms with Gasteiger partial charge in [-0.2, -0.15) is 0 Å². The van der Waals surface area contributed by atoms with E-state index in [-0.39, 0.29) is 25.7 Å². The van der Waals surface area contributed by atoms with Gasteiger partial charge in [0.05, 0.1) is 26.4 Å². The fourth-order valence-electron chi connectivity index (χ4n) is 13.9. The first-order valence-electron chi connectivity index (χ1n) is 46.0. The minimum absolute atomic E-state index is 0.109. The number of carbonyl (C=O) groups excluding carboxylic acids is 4. The predicted molar refractivity (Wildman–Crippen MR) is 446 cm³/mol. The highest BCUT2D eigenvalue weighted by Gasteiger charge is 2.31. The smallest absolute Gasteiger partial charge is 0.462 e. The van der Waals surface area contributed by atoms with Gasteiger partial charge in [0.1, 0.15) is 19.3 Å². The van der Waals surface area contributed by atoms with Crippen LogP contribution in [0.3, 0.4) is 0 Å². The van der Waals surface area contributed by atoms with Crippen molar-refractivity contribution in [1.29, 1.82) is 0 Å². The van der Waals surface area contributed by atoms with Crippen LogP contribution in [0.4, 0.5) is 0 Å². The molecule has 17 nitrogen and oxygen atoms in total. The van der Waals surface area contributed by atoms with Gasteiger partial charge in [-0.15, -0.1) is 0 Å². The van der Waals surface area contributed by atoms with Crippen LogP contribution in [-0.4, -0.2) is 96.7 Å². The molecule has 108 heavy (non-hydrogen) atoms. The Morgan fingerprint density at radius 3 is 0.704 bits per heavy atom. The monoisotopic (exact) mass is 1580 g/mol. The first-order chi connectivity index (χ1) is 52.4. The maximum Gasteiger partial charge on any atom is 0.472 e. The normalized spacial score (nSPS) is 14.0. The van der Waals surface area contributed by atoms with Crippen molar-refractivity contribution in [1.82, 2.24) is 0 Å². The quantitative estimate of drug-likeness (QED) is 0.0222. The lowest BCUT2D eigenvalue weighted by molar-refractivity contribution is -0.161. The van der Waals surface area contributed by atoms with Crippen molar-refractivity contribution in [3.05, 3.63) is 0 Å². The molecule has 0 saturated carbocycles. The van der Waals surface area contributed by atoms with Crippen LogP contribution in [0.2, 0.25) is 0 Å². The fraction of sp³-hybridized carbons (Fsp3) is 0.955. The van der Waals surface area contributed by atoms with Crippen molar-refractivity contribution in [3.8, 4) is 0 Å². The largest absolute Gasteiger partial charge is 0.472 e. The Morgan fingerprint density at radius 2 is 0.472 bits per heavy atom. The summed E-state index contributed by atoms with van der Waals surface area (Å²) in [6.45, 7) is 9.78. The number of esters is 4. The molecule has 19 heteroatoms. The van der Waals surface area contributed by atoms with Gasteiger partial charge in [0.15, 0.2) is 12.2 Å². The van der Waals surface area contributed by atoms with Gasteiger partial charge < -0.3 is 33.8 Å². The number of aliphatic hydroxyl groups excluding tert-OH is 1. The van der Waals surface area contributed by atoms with Crippen LogP contribution in [0.1, 0.15) is 478 Å². The number of rotatable bonds is 88. The molecule has 3 unspecified atom stereocenters. The van der Waals surface area contributed by atoms with Crippen LogP contribution in [0, 0.1) is 11.8 Å². The zero-order valence-corrected chi connectivity index (χ0v) is 73.0. The zero-order valence-electron chi connectivity index (χ0n) is 71.2. The Labute approximate surface area is 664 Å². The molecule has 0 aromatic rings. The van der Waals surface area contributed by atoms with Gasteiger partial charge in [-0.25, -0.2) is 9.13 Å². The van der Waals surface area contributed by atoms with Gasteiger partial charge in [-0.05, 0) is 37.5 Å². The molecular weight excluding hydrogens is 1400 g/mol. The van der Waals surface area contributed by atoms with E-state index >= 15 is 0 Å². The number of phosphoric ester groups is 2. The average Bonchev–Trinajstić information content (AvgIpc) is 0.899. The third kappa shape index (κ3) is 80.7. The predicted octanol–water partition coefficient (Wildman–Crippen LogP) is 27.4. The average molecular weight is 1580 g/mol. The van der Waals surface area contributed by atoms with Gasteiger partial charge in [0.2, 0.25) is 0 Å². The van der Waals surface area contributed by atoms with Crippen molar-refractivity contribution in [3.63, 3.8) is 0 Å². The highest BCUT2D eigenvalue weighted by molar-refractivity contribution is 7.47. The summed E-state index contributed by atoms with van der Waals surface area (Å²) in [6, 6.07) is 0. The molecule has 642 valence electrons. The van der Waals surface area contributed by atoms with Crippen LogP contribution in [0.5, 0.6) is 0 Å². The first kappa shape index (κ1) is 106. The number of ether oxygens (including phenoxy) is 4. The molecule has 0 aromatic heterocycles. The molecule has 0 amide bonds. The maximum absolute atomic E-state index is 13.2. The van der Waals surface area contributed by atoms with E-state index in [0.717, 1.165) is 102 Å². The lowest BCUT2D eigenvalue weighted by Gasteiger charge is -2.21. The number of hydrogen-bond acceptors (Lipinski definition) is 15. The van der Waals surface area contributed by atoms with Gasteiger partial charge in [-0.1, -0.05) is 427 Å². The van der Waals surface area contributed by atoms with Crippen molar-refractivity contribution in [2.45, 2.75) is 496 Å². The van der Waals surface area contributed by atoms with Crippen LogP contribution < -0.4 is 0 Å². The molecule has 0 aliphatic heterocycles. The Balaban J connectivity index is 5.20. The number of aliphatic hydroxyl groups is 1. The lowest BCUT2D eigenvalue weighted by Crippen LogP contribution is -2.30. The van der Waals surface area contributed by atoms with E-state index in [9.17, 15) is 43.2 Å². The van der Waals surface area contributed by atoms with E-state index in [0.29, 0.717) is 25.7 Å². The van der Waals surface area contributed by atoms with E-state index < -0.39 is 97.5 Å². The summed E-state index contributed by atoms with van der Waals surface area (Å²) in [5.74, 6) is -0.405. The molecule has 0 radical (unpaired) electrons. The molecule has 0 aromatic carbocycles. The Kier molecular flexibility index (Phi) is 78.8. The van der Waals surface area contributed by atoms with Crippen molar-refractivity contribution >= 4 is 39.5 Å². The summed E-state index contributed by atoms with van der Waals surface area (Å²) < 4.78 is 68.9. The topological polar surface area (TPSA) is 237 Å². The standard InChI is InChI=1S/C89H174O17P2/c1-7-10-12-14-16-18-19-20-21-32-38-43-49-55-61-67-73-88(93)105-84(77-99-86(91)71-65-59-53-45-17-15-13-11-8-2)79-103-107(95,96)101-75-83(90)76-102-108(97,98)104-80-85(78-100-87(92)72-66-60-54-48-42-37-33-28-24-22-26-30-35-40-46-51-57-63-69-81(4)5)106-89(94)74-68-62-56-50-44-39-34-29-25-23-27-31-36-41-47-52-58-64-70-82(6)9-3/h81-85,90H,7-80H2,1-6H3,(H,95,96)(H,97,98)/t82?,83-,84+,85+/m0/s1. The molecule has 0 aliphatic carbocycles. The lowest BCUT2D eigenvalue weighted by atomic mass is 9.99. The van der Waals surface area contributed by atoms with E-state index in [4.69, 9.17) is 37.0 Å². The highest BCUT2D eigenvalue weighted by Crippen LogP contribution is 2.45. The SMILES string of the molecule is CCCCCCCCCCCCCCCCCCC(=O)O[C@H](COC(=O)CCCCCCCCCCC)COP(=O)(O)OC[C@H](O)COP(=O)(O)OC[C@@H](COC(=O)CCCCCCCCCCCCCCCCCCCCC(C)C)OC(=O)CCCCCCCCCCCCCCCCCCCCC(C)CC. The summed E-state index contributed by atoms with van der Waals surface area (Å²) in [5.41, 5.74) is 0. The van der Waals surface area contributed by atoms with Gasteiger partial charge in [-0.3, -0.25) is 37.3 Å². The van der Waals surface area contributed by atoms with Gasteiger partial charge >= 0.3 is 39.5 Å². The van der Waals surface area contributed by atoms with Crippen LogP contribution in [-0.2, 0) is 65.4 Å². The van der Waals surface area contributed by atoms with Gasteiger partial charge in [0.25, 0.3) is 0 Å². The van der Waals surface area contributed by atoms with Crippen LogP contribution in [0.15, 0.2) is 0 Å². The first-order valence-corrected chi connectivity index (χ1v) is 49.0. The molecule has 0 bridgehead atoms. The van der Waals surface area contributed by atoms with Crippen LogP contribution in [0.25, 0.3) is 0 Å². The van der Waals surface area contributed by atoms with E-state index in [1.165, 1.54) is 295 Å². The van der Waals surface area contributed by atoms with Gasteiger partial charge in [0, 0.05) is 25.7 Å². The third-order valence-corrected chi connectivity index (χ3v) is 23.2. The van der Waals surface area contributed by atoms with E-state index in [1.54, 1.807) is 0 Å². The minimum Gasteiger partial charge on any atom is -0.462 e. The van der Waals surface area contributed by atoms with E-state index in [1.807, 2.05) is 0 Å². The highest BCUT2D eigenvalue weighted by atomic mass is 31.2. The Hall–Kier alpha value is -1.94. The molecule has 3 N–H and O–H groups in total. The summed E-state index contributed by atoms with van der Waals surface area (Å²) in [4.78, 5) is 73.2. The van der Waals surface area contributed by atoms with Crippen LogP contribution >= 0.6 is 15.6 Å². The summed E-state index contributed by atoms with van der Waals surface area (Å²) in [5, 5.41) is 10.7. The summed E-state index contributed by atoms with van der Waals surface area (Å²) in [6.07, 6.45) is 73.6.